The molecule has 2 aliphatic heterocycles. The number of fused-ring (bicyclic) bond motifs is 5. The summed E-state index contributed by atoms with van der Waals surface area (Å²) in [6.07, 6.45) is 0.889. The van der Waals surface area contributed by atoms with Crippen molar-refractivity contribution < 1.29 is 53.7 Å². The Morgan fingerprint density at radius 1 is 0.824 bits per heavy atom. The Hall–Kier alpha value is -1.34. The molecule has 0 aromatic carbocycles. The molecule has 0 radical (unpaired) electrons. The van der Waals surface area contributed by atoms with Crippen LogP contribution in [0.2, 0.25) is 0 Å². The van der Waals surface area contributed by atoms with Gasteiger partial charge in [-0.2, -0.15) is 0 Å². The van der Waals surface area contributed by atoms with Gasteiger partial charge in [0.05, 0.1) is 30.0 Å². The minimum atomic E-state index is -1.48. The molecule has 2 saturated heterocycles. The third-order valence-electron chi connectivity index (χ3n) is 15.9. The van der Waals surface area contributed by atoms with Crippen molar-refractivity contribution in [1.29, 1.82) is 0 Å². The normalized spacial score (nSPS) is 50.9. The predicted octanol–water partition coefficient (Wildman–Crippen LogP) is 4.68. The molecule has 4 aliphatic carbocycles. The molecule has 0 aromatic heterocycles. The first-order chi connectivity index (χ1) is 23.5. The lowest BCUT2D eigenvalue weighted by atomic mass is 9.35. The first-order valence-corrected chi connectivity index (χ1v) is 19.6. The smallest absolute Gasteiger partial charge is 0.303 e. The van der Waals surface area contributed by atoms with Crippen molar-refractivity contribution in [3.8, 4) is 0 Å². The molecule has 6 rings (SSSR count). The van der Waals surface area contributed by atoms with E-state index in [-0.39, 0.29) is 63.4 Å². The minimum Gasteiger partial charge on any atom is -0.462 e. The van der Waals surface area contributed by atoms with E-state index in [0.29, 0.717) is 18.3 Å². The molecule has 0 amide bonds. The van der Waals surface area contributed by atoms with E-state index < -0.39 is 48.9 Å². The van der Waals surface area contributed by atoms with Gasteiger partial charge in [0.1, 0.15) is 24.4 Å². The average Bonchev–Trinajstić information content (AvgIpc) is 3.59. The van der Waals surface area contributed by atoms with E-state index in [1.54, 1.807) is 0 Å². The summed E-state index contributed by atoms with van der Waals surface area (Å²) in [7, 11) is 0. The summed E-state index contributed by atoms with van der Waals surface area (Å²) in [6, 6.07) is 0. The number of aliphatic hydroxyl groups is 4. The number of hydrogen-bond donors (Lipinski definition) is 4. The van der Waals surface area contributed by atoms with Crippen molar-refractivity contribution in [2.24, 2.45) is 45.3 Å². The Labute approximate surface area is 304 Å². The van der Waals surface area contributed by atoms with Crippen molar-refractivity contribution in [3.63, 3.8) is 0 Å². The lowest BCUT2D eigenvalue weighted by Crippen LogP contribution is -2.68. The van der Waals surface area contributed by atoms with Crippen LogP contribution in [0.3, 0.4) is 0 Å². The van der Waals surface area contributed by atoms with Crippen molar-refractivity contribution in [1.82, 2.24) is 0 Å². The second kappa shape index (κ2) is 13.2. The monoisotopic (exact) mass is 722 g/mol. The van der Waals surface area contributed by atoms with Gasteiger partial charge in [-0.15, -0.1) is 0 Å². The lowest BCUT2D eigenvalue weighted by Gasteiger charge is -2.71. The van der Waals surface area contributed by atoms with Gasteiger partial charge in [0, 0.05) is 19.8 Å². The molecule has 11 heteroatoms. The van der Waals surface area contributed by atoms with E-state index in [1.165, 1.54) is 13.8 Å². The molecule has 11 nitrogen and oxygen atoms in total. The summed E-state index contributed by atoms with van der Waals surface area (Å²) in [5.74, 6) is 0.0370. The number of esters is 2. The van der Waals surface area contributed by atoms with E-state index in [1.807, 2.05) is 13.8 Å². The van der Waals surface area contributed by atoms with Gasteiger partial charge in [-0.05, 0) is 118 Å². The van der Waals surface area contributed by atoms with Crippen molar-refractivity contribution in [2.45, 2.75) is 187 Å². The van der Waals surface area contributed by atoms with E-state index in [9.17, 15) is 30.0 Å². The Morgan fingerprint density at radius 2 is 1.47 bits per heavy atom. The van der Waals surface area contributed by atoms with Crippen LogP contribution in [0.4, 0.5) is 0 Å². The second-order valence-corrected chi connectivity index (χ2v) is 19.4. The number of carbonyl (C=O) groups is 2. The molecule has 5 unspecified atom stereocenters. The Bertz CT molecular complexity index is 1330. The molecule has 4 N–H and O–H groups in total. The molecule has 4 saturated carbocycles. The molecular formula is C40H66O11. The summed E-state index contributed by atoms with van der Waals surface area (Å²) in [5.41, 5.74) is -1.92. The summed E-state index contributed by atoms with van der Waals surface area (Å²) < 4.78 is 31.3. The Kier molecular flexibility index (Phi) is 10.2. The van der Waals surface area contributed by atoms with E-state index >= 15 is 0 Å². The molecule has 16 atom stereocenters. The summed E-state index contributed by atoms with van der Waals surface area (Å²) >= 11 is 0. The van der Waals surface area contributed by atoms with Crippen LogP contribution in [0.1, 0.15) is 127 Å². The maximum atomic E-state index is 12.9. The van der Waals surface area contributed by atoms with Gasteiger partial charge < -0.3 is 44.1 Å². The summed E-state index contributed by atoms with van der Waals surface area (Å²) in [4.78, 5) is 24.9. The molecule has 0 aromatic rings. The highest BCUT2D eigenvalue weighted by atomic mass is 16.7. The van der Waals surface area contributed by atoms with Crippen LogP contribution < -0.4 is 0 Å². The topological polar surface area (TPSA) is 161 Å². The van der Waals surface area contributed by atoms with Crippen LogP contribution in [0.5, 0.6) is 0 Å². The fourth-order valence-electron chi connectivity index (χ4n) is 13.3. The van der Waals surface area contributed by atoms with E-state index in [2.05, 4.69) is 41.5 Å². The zero-order valence-corrected chi connectivity index (χ0v) is 32.6. The SMILES string of the molecule is CC(=O)OC1CC2[C@@H](C3(C)CC[C@@H](C(C)(C)O)O3)CC[C@@]2(C)[C@]2(C)CCC3C(C)(C)[C@H](O[C@@H]4O[C@H](CO)[C@@H](O)[C@H](O)[C@H]4OC(C)=O)CC[C@]3(C)C12. The largest absolute Gasteiger partial charge is 0.462 e. The fraction of sp³-hybridized carbons (Fsp3) is 0.950. The third kappa shape index (κ3) is 6.21. The van der Waals surface area contributed by atoms with Gasteiger partial charge in [0.25, 0.3) is 0 Å². The van der Waals surface area contributed by atoms with Crippen molar-refractivity contribution in [2.75, 3.05) is 6.61 Å². The molecule has 6 aliphatic rings. The maximum Gasteiger partial charge on any atom is 0.303 e. The van der Waals surface area contributed by atoms with Gasteiger partial charge >= 0.3 is 11.9 Å². The average molecular weight is 723 g/mol. The highest BCUT2D eigenvalue weighted by Gasteiger charge is 2.73. The number of rotatable bonds is 7. The number of hydrogen-bond acceptors (Lipinski definition) is 11. The van der Waals surface area contributed by atoms with Crippen molar-refractivity contribution in [3.05, 3.63) is 0 Å². The second-order valence-electron chi connectivity index (χ2n) is 19.4. The number of carbonyl (C=O) groups excluding carboxylic acids is 2. The molecule has 292 valence electrons. The fourth-order valence-corrected chi connectivity index (χ4v) is 13.3. The number of ether oxygens (including phenoxy) is 5. The molecule has 2 heterocycles. The first-order valence-electron chi connectivity index (χ1n) is 19.6. The molecule has 6 fully saturated rings. The molecular weight excluding hydrogens is 656 g/mol. The lowest BCUT2D eigenvalue weighted by molar-refractivity contribution is -0.334. The van der Waals surface area contributed by atoms with Crippen molar-refractivity contribution >= 4 is 11.9 Å². The van der Waals surface area contributed by atoms with Crippen LogP contribution in [0.15, 0.2) is 0 Å². The standard InChI is InChI=1S/C40H66O11/c1-21(42)47-25-19-24-23(40(10)18-14-29(51-40)36(5,6)46)11-16-38(24,8)39(9)17-12-27-35(3,4)28(13-15-37(27,7)33(25)39)50-34-32(48-22(2)43)31(45)30(44)26(20-41)49-34/h23-34,41,44-46H,11-20H2,1-10H3/t23-,24?,25?,26+,27?,28+,29-,30+,31-,32+,33?,34-,37-,38+,39+,40?/m0/s1. The van der Waals surface area contributed by atoms with Gasteiger partial charge in [-0.25, -0.2) is 0 Å². The highest BCUT2D eigenvalue weighted by Crippen LogP contribution is 2.76. The van der Waals surface area contributed by atoms with Gasteiger partial charge in [-0.3, -0.25) is 9.59 Å². The Morgan fingerprint density at radius 3 is 2.06 bits per heavy atom. The van der Waals surface area contributed by atoms with E-state index in [0.717, 1.165) is 51.4 Å². The quantitative estimate of drug-likeness (QED) is 0.213. The molecule has 51 heavy (non-hydrogen) atoms. The molecule has 0 bridgehead atoms. The zero-order chi connectivity index (χ0) is 37.7. The minimum absolute atomic E-state index is 0.00705. The zero-order valence-electron chi connectivity index (χ0n) is 32.6. The number of aliphatic hydroxyl groups excluding tert-OH is 3. The van der Waals surface area contributed by atoms with Crippen LogP contribution >= 0.6 is 0 Å². The van der Waals surface area contributed by atoms with Crippen LogP contribution in [-0.4, -0.2) is 99.2 Å². The first kappa shape index (κ1) is 39.4. The van der Waals surface area contributed by atoms with Gasteiger partial charge in [0.15, 0.2) is 12.4 Å². The maximum absolute atomic E-state index is 12.9. The van der Waals surface area contributed by atoms with Gasteiger partial charge in [-0.1, -0.05) is 34.6 Å². The van der Waals surface area contributed by atoms with Gasteiger partial charge in [0.2, 0.25) is 0 Å². The highest BCUT2D eigenvalue weighted by molar-refractivity contribution is 5.66. The third-order valence-corrected chi connectivity index (χ3v) is 15.9. The van der Waals surface area contributed by atoms with Crippen LogP contribution in [-0.2, 0) is 33.3 Å². The van der Waals surface area contributed by atoms with Crippen LogP contribution in [0, 0.1) is 45.3 Å². The molecule has 0 spiro atoms. The predicted molar refractivity (Wildman–Crippen MR) is 187 cm³/mol. The summed E-state index contributed by atoms with van der Waals surface area (Å²) in [5, 5.41) is 42.2. The van der Waals surface area contributed by atoms with E-state index in [4.69, 9.17) is 23.7 Å². The van der Waals surface area contributed by atoms with Crippen LogP contribution in [0.25, 0.3) is 0 Å². The Balaban J connectivity index is 1.30. The summed E-state index contributed by atoms with van der Waals surface area (Å²) in [6.45, 7) is 20.0.